The van der Waals surface area contributed by atoms with Gasteiger partial charge in [0.1, 0.15) is 0 Å². The van der Waals surface area contributed by atoms with Gasteiger partial charge in [-0.3, -0.25) is 14.9 Å². The predicted molar refractivity (Wildman–Crippen MR) is 65.5 cm³/mol. The van der Waals surface area contributed by atoms with Gasteiger partial charge in [0.25, 0.3) is 0 Å². The van der Waals surface area contributed by atoms with Crippen LogP contribution in [0.2, 0.25) is 0 Å². The van der Waals surface area contributed by atoms with Gasteiger partial charge in [-0.15, -0.1) is 0 Å². The van der Waals surface area contributed by atoms with E-state index < -0.39 is 5.97 Å². The molecule has 0 bridgehead atoms. The van der Waals surface area contributed by atoms with E-state index >= 15 is 0 Å². The van der Waals surface area contributed by atoms with Gasteiger partial charge in [-0.25, -0.2) is 0 Å². The van der Waals surface area contributed by atoms with E-state index in [9.17, 15) is 9.59 Å². The largest absolute Gasteiger partial charge is 0.480 e. The number of Topliss-reactive ketones (excluding diaryl/α,β-unsaturated/α-hetero) is 1. The van der Waals surface area contributed by atoms with E-state index in [0.717, 1.165) is 16.7 Å². The number of ketones is 1. The van der Waals surface area contributed by atoms with Crippen LogP contribution in [0.3, 0.4) is 0 Å². The number of carbonyl (C=O) groups excluding carboxylic acids is 1. The number of carboxylic acid groups (broad SMARTS) is 1. The first-order valence-corrected chi connectivity index (χ1v) is 5.45. The Hall–Kier alpha value is -1.68. The first-order valence-electron chi connectivity index (χ1n) is 5.45. The van der Waals surface area contributed by atoms with Crippen LogP contribution in [0.25, 0.3) is 0 Å². The average Bonchev–Trinajstić information content (AvgIpc) is 2.14. The van der Waals surface area contributed by atoms with Crippen molar-refractivity contribution >= 4 is 11.8 Å². The Balaban J connectivity index is 2.79. The van der Waals surface area contributed by atoms with Crippen LogP contribution >= 0.6 is 0 Å². The van der Waals surface area contributed by atoms with Gasteiger partial charge < -0.3 is 5.11 Å². The molecule has 0 spiro atoms. The molecule has 0 aliphatic carbocycles. The number of hydrogen-bond donors (Lipinski definition) is 2. The number of aliphatic carboxylic acids is 1. The number of carbonyl (C=O) groups is 2. The van der Waals surface area contributed by atoms with Crippen LogP contribution in [-0.4, -0.2) is 29.9 Å². The van der Waals surface area contributed by atoms with Crippen LogP contribution in [-0.2, 0) is 4.79 Å². The van der Waals surface area contributed by atoms with Crippen molar-refractivity contribution in [2.24, 2.45) is 0 Å². The van der Waals surface area contributed by atoms with Gasteiger partial charge in [-0.05, 0) is 31.9 Å². The molecule has 2 N–H and O–H groups in total. The highest BCUT2D eigenvalue weighted by atomic mass is 16.4. The zero-order chi connectivity index (χ0) is 13.0. The van der Waals surface area contributed by atoms with Gasteiger partial charge in [-0.1, -0.05) is 17.7 Å². The molecule has 0 saturated carbocycles. The number of nitrogens with one attached hydrogen (secondary N) is 1. The lowest BCUT2D eigenvalue weighted by Crippen LogP contribution is -2.29. The molecular weight excluding hydrogens is 218 g/mol. The van der Waals surface area contributed by atoms with Gasteiger partial charge >= 0.3 is 5.97 Å². The van der Waals surface area contributed by atoms with Crippen LogP contribution in [0.1, 0.15) is 27.0 Å². The number of carboxylic acids is 1. The molecule has 0 saturated heterocycles. The molecule has 92 valence electrons. The smallest absolute Gasteiger partial charge is 0.317 e. The number of hydrogen-bond acceptors (Lipinski definition) is 3. The average molecular weight is 235 g/mol. The fraction of sp³-hybridized carbons (Fsp3) is 0.385. The maximum atomic E-state index is 11.9. The van der Waals surface area contributed by atoms with Crippen LogP contribution in [0.15, 0.2) is 12.1 Å². The van der Waals surface area contributed by atoms with Crippen LogP contribution in [0, 0.1) is 20.8 Å². The minimum Gasteiger partial charge on any atom is -0.480 e. The summed E-state index contributed by atoms with van der Waals surface area (Å²) >= 11 is 0. The first kappa shape index (κ1) is 13.4. The first-order chi connectivity index (χ1) is 7.91. The Morgan fingerprint density at radius 2 is 1.65 bits per heavy atom. The number of aryl methyl sites for hydroxylation is 3. The molecule has 4 nitrogen and oxygen atoms in total. The lowest BCUT2D eigenvalue weighted by Gasteiger charge is -2.10. The fourth-order valence-electron chi connectivity index (χ4n) is 1.99. The maximum absolute atomic E-state index is 11.9. The molecule has 0 amide bonds. The van der Waals surface area contributed by atoms with Gasteiger partial charge in [0.05, 0.1) is 13.1 Å². The zero-order valence-electron chi connectivity index (χ0n) is 10.3. The summed E-state index contributed by atoms with van der Waals surface area (Å²) in [6.07, 6.45) is 0. The molecule has 1 aromatic carbocycles. The summed E-state index contributed by atoms with van der Waals surface area (Å²) in [5.41, 5.74) is 3.68. The third kappa shape index (κ3) is 3.67. The molecular formula is C13H17NO3. The number of rotatable bonds is 5. The second-order valence-corrected chi connectivity index (χ2v) is 4.19. The Morgan fingerprint density at radius 3 is 2.12 bits per heavy atom. The summed E-state index contributed by atoms with van der Waals surface area (Å²) in [7, 11) is 0. The molecule has 0 heterocycles. The van der Waals surface area contributed by atoms with E-state index in [4.69, 9.17) is 5.11 Å². The fourth-order valence-corrected chi connectivity index (χ4v) is 1.99. The standard InChI is InChI=1S/C13H17NO3/c1-8-4-9(2)13(10(3)5-8)11(15)6-14-7-12(16)17/h4-5,14H,6-7H2,1-3H3,(H,16,17). The van der Waals surface area contributed by atoms with E-state index in [0.29, 0.717) is 5.56 Å². The van der Waals surface area contributed by atoms with Crippen molar-refractivity contribution in [2.75, 3.05) is 13.1 Å². The lowest BCUT2D eigenvalue weighted by molar-refractivity contribution is -0.135. The molecule has 0 aliphatic heterocycles. The topological polar surface area (TPSA) is 66.4 Å². The SMILES string of the molecule is Cc1cc(C)c(C(=O)CNCC(=O)O)c(C)c1. The van der Waals surface area contributed by atoms with E-state index in [1.54, 1.807) is 0 Å². The third-order valence-corrected chi connectivity index (χ3v) is 2.52. The molecule has 0 radical (unpaired) electrons. The van der Waals surface area contributed by atoms with E-state index in [1.807, 2.05) is 32.9 Å². The van der Waals surface area contributed by atoms with Crippen molar-refractivity contribution in [3.63, 3.8) is 0 Å². The summed E-state index contributed by atoms with van der Waals surface area (Å²) < 4.78 is 0. The Morgan fingerprint density at radius 1 is 1.12 bits per heavy atom. The summed E-state index contributed by atoms with van der Waals surface area (Å²) in [4.78, 5) is 22.2. The van der Waals surface area contributed by atoms with Gasteiger partial charge in [-0.2, -0.15) is 0 Å². The van der Waals surface area contributed by atoms with Crippen molar-refractivity contribution in [2.45, 2.75) is 20.8 Å². The van der Waals surface area contributed by atoms with Crippen molar-refractivity contribution in [3.8, 4) is 0 Å². The quantitative estimate of drug-likeness (QED) is 0.758. The van der Waals surface area contributed by atoms with Crippen molar-refractivity contribution in [1.82, 2.24) is 5.32 Å². The Labute approximate surface area is 101 Å². The maximum Gasteiger partial charge on any atom is 0.317 e. The highest BCUT2D eigenvalue weighted by molar-refractivity contribution is 6.00. The summed E-state index contributed by atoms with van der Waals surface area (Å²) in [5.74, 6) is -1.03. The summed E-state index contributed by atoms with van der Waals surface area (Å²) in [6.45, 7) is 5.62. The monoisotopic (exact) mass is 235 g/mol. The van der Waals surface area contributed by atoms with Crippen LogP contribution in [0.4, 0.5) is 0 Å². The molecule has 1 aromatic rings. The van der Waals surface area contributed by atoms with Crippen molar-refractivity contribution in [3.05, 3.63) is 34.4 Å². The molecule has 4 heteroatoms. The molecule has 0 fully saturated rings. The summed E-state index contributed by atoms with van der Waals surface area (Å²) in [6, 6.07) is 3.91. The number of benzene rings is 1. The highest BCUT2D eigenvalue weighted by Gasteiger charge is 2.12. The molecule has 0 aliphatic rings. The lowest BCUT2D eigenvalue weighted by atomic mass is 9.96. The van der Waals surface area contributed by atoms with Crippen molar-refractivity contribution in [1.29, 1.82) is 0 Å². The second kappa shape index (κ2) is 5.59. The zero-order valence-corrected chi connectivity index (χ0v) is 10.3. The van der Waals surface area contributed by atoms with E-state index in [2.05, 4.69) is 5.32 Å². The van der Waals surface area contributed by atoms with E-state index in [1.165, 1.54) is 0 Å². The second-order valence-electron chi connectivity index (χ2n) is 4.19. The Kier molecular flexibility index (Phi) is 4.40. The van der Waals surface area contributed by atoms with E-state index in [-0.39, 0.29) is 18.9 Å². The minimum atomic E-state index is -0.963. The van der Waals surface area contributed by atoms with Gasteiger partial charge in [0.15, 0.2) is 5.78 Å². The van der Waals surface area contributed by atoms with Crippen molar-refractivity contribution < 1.29 is 14.7 Å². The Bertz CT molecular complexity index is 429. The molecule has 0 unspecified atom stereocenters. The van der Waals surface area contributed by atoms with Crippen LogP contribution < -0.4 is 5.32 Å². The summed E-state index contributed by atoms with van der Waals surface area (Å²) in [5, 5.41) is 11.1. The predicted octanol–water partition coefficient (Wildman–Crippen LogP) is 1.47. The highest BCUT2D eigenvalue weighted by Crippen LogP contribution is 2.16. The molecule has 0 aromatic heterocycles. The normalized spacial score (nSPS) is 10.3. The third-order valence-electron chi connectivity index (χ3n) is 2.52. The minimum absolute atomic E-state index is 0.0526. The van der Waals surface area contributed by atoms with Crippen LogP contribution in [0.5, 0.6) is 0 Å². The molecule has 17 heavy (non-hydrogen) atoms. The molecule has 1 rings (SSSR count). The van der Waals surface area contributed by atoms with Gasteiger partial charge in [0.2, 0.25) is 0 Å². The molecule has 0 atom stereocenters. The van der Waals surface area contributed by atoms with Gasteiger partial charge in [0, 0.05) is 5.56 Å².